The molecule has 0 unspecified atom stereocenters. The Morgan fingerprint density at radius 3 is 2.56 bits per heavy atom. The summed E-state index contributed by atoms with van der Waals surface area (Å²) in [4.78, 5) is 25.8. The van der Waals surface area contributed by atoms with Gasteiger partial charge in [0.25, 0.3) is 0 Å². The summed E-state index contributed by atoms with van der Waals surface area (Å²) in [5.41, 5.74) is 0. The van der Waals surface area contributed by atoms with E-state index in [-0.39, 0.29) is 24.0 Å². The summed E-state index contributed by atoms with van der Waals surface area (Å²) in [6.45, 7) is 3.84. The summed E-state index contributed by atoms with van der Waals surface area (Å²) < 4.78 is 43.1. The van der Waals surface area contributed by atoms with Gasteiger partial charge in [-0.15, -0.1) is 0 Å². The van der Waals surface area contributed by atoms with Gasteiger partial charge in [-0.2, -0.15) is 0 Å². The molecule has 1 aliphatic heterocycles. The predicted molar refractivity (Wildman–Crippen MR) is 89.0 cm³/mol. The molecule has 1 amide bonds. The molecule has 0 aromatic heterocycles. The zero-order valence-electron chi connectivity index (χ0n) is 14.3. The largest absolute Gasteiger partial charge is 0.466 e. The molecule has 25 heavy (non-hydrogen) atoms. The molecule has 1 heterocycles. The van der Waals surface area contributed by atoms with E-state index in [1.54, 1.807) is 6.92 Å². The minimum Gasteiger partial charge on any atom is -0.466 e. The van der Waals surface area contributed by atoms with Gasteiger partial charge >= 0.3 is 5.97 Å². The molecule has 0 radical (unpaired) electrons. The van der Waals surface area contributed by atoms with Gasteiger partial charge in [-0.3, -0.25) is 9.59 Å². The van der Waals surface area contributed by atoms with E-state index in [4.69, 9.17) is 4.74 Å². The van der Waals surface area contributed by atoms with Gasteiger partial charge in [0.1, 0.15) is 11.1 Å². The van der Waals surface area contributed by atoms with Crippen LogP contribution < -0.4 is 0 Å². The molecule has 0 aliphatic carbocycles. The predicted octanol–water partition coefficient (Wildman–Crippen LogP) is 1.79. The standard InChI is InChI=1S/C17H22FNO5S/c1-3-24-17(21)13-5-4-10-19(11-13)16(20)12(2)25(22,23)15-8-6-14(18)7-9-15/h6-9,12-13H,3-5,10-11H2,1-2H3/t12-,13-/m0/s1. The molecular formula is C17H22FNO5S. The summed E-state index contributed by atoms with van der Waals surface area (Å²) in [5.74, 6) is -1.91. The van der Waals surface area contributed by atoms with Crippen LogP contribution in [0.1, 0.15) is 26.7 Å². The molecular weight excluding hydrogens is 349 g/mol. The van der Waals surface area contributed by atoms with Gasteiger partial charge in [-0.25, -0.2) is 12.8 Å². The van der Waals surface area contributed by atoms with Crippen LogP contribution in [0.25, 0.3) is 0 Å². The number of esters is 1. The first kappa shape index (κ1) is 19.4. The highest BCUT2D eigenvalue weighted by Crippen LogP contribution is 2.22. The lowest BCUT2D eigenvalue weighted by molar-refractivity contribution is -0.151. The van der Waals surface area contributed by atoms with Crippen molar-refractivity contribution in [1.29, 1.82) is 0 Å². The number of rotatable bonds is 5. The Bertz CT molecular complexity index is 732. The zero-order chi connectivity index (χ0) is 18.6. The average Bonchev–Trinajstić information content (AvgIpc) is 2.61. The maximum atomic E-state index is 13.0. The molecule has 0 spiro atoms. The van der Waals surface area contributed by atoms with Crippen LogP contribution in [-0.2, 0) is 24.2 Å². The van der Waals surface area contributed by atoms with Crippen molar-refractivity contribution in [3.05, 3.63) is 30.1 Å². The fourth-order valence-electron chi connectivity index (χ4n) is 2.85. The van der Waals surface area contributed by atoms with Crippen LogP contribution in [-0.4, -0.2) is 50.1 Å². The zero-order valence-corrected chi connectivity index (χ0v) is 15.1. The third kappa shape index (κ3) is 4.36. The number of ether oxygens (including phenoxy) is 1. The maximum absolute atomic E-state index is 13.0. The van der Waals surface area contributed by atoms with E-state index in [1.165, 1.54) is 11.8 Å². The number of nitrogens with zero attached hydrogens (tertiary/aromatic N) is 1. The van der Waals surface area contributed by atoms with Crippen LogP contribution in [0.4, 0.5) is 4.39 Å². The fraction of sp³-hybridized carbons (Fsp3) is 0.529. The monoisotopic (exact) mass is 371 g/mol. The fourth-order valence-corrected chi connectivity index (χ4v) is 4.19. The second-order valence-electron chi connectivity index (χ2n) is 6.02. The molecule has 0 bridgehead atoms. The van der Waals surface area contributed by atoms with Gasteiger partial charge in [0.15, 0.2) is 9.84 Å². The number of hydrogen-bond acceptors (Lipinski definition) is 5. The van der Waals surface area contributed by atoms with E-state index in [2.05, 4.69) is 0 Å². The van der Waals surface area contributed by atoms with Crippen LogP contribution in [0.3, 0.4) is 0 Å². The second kappa shape index (κ2) is 7.95. The Morgan fingerprint density at radius 2 is 1.96 bits per heavy atom. The normalized spacial score (nSPS) is 19.3. The Morgan fingerprint density at radius 1 is 1.32 bits per heavy atom. The van der Waals surface area contributed by atoms with Gasteiger partial charge in [0.05, 0.1) is 17.4 Å². The van der Waals surface area contributed by atoms with Crippen LogP contribution in [0.5, 0.6) is 0 Å². The molecule has 2 rings (SSSR count). The summed E-state index contributed by atoms with van der Waals surface area (Å²) in [5, 5.41) is -1.31. The highest BCUT2D eigenvalue weighted by atomic mass is 32.2. The highest BCUT2D eigenvalue weighted by molar-refractivity contribution is 7.92. The van der Waals surface area contributed by atoms with Crippen molar-refractivity contribution in [1.82, 2.24) is 4.90 Å². The number of amides is 1. The molecule has 0 N–H and O–H groups in total. The Hall–Kier alpha value is -1.96. The molecule has 1 aliphatic rings. The van der Waals surface area contributed by atoms with Crippen molar-refractivity contribution in [2.75, 3.05) is 19.7 Å². The Labute approximate surface area is 146 Å². The number of sulfone groups is 1. The lowest BCUT2D eigenvalue weighted by atomic mass is 9.98. The lowest BCUT2D eigenvalue weighted by Crippen LogP contribution is -2.48. The summed E-state index contributed by atoms with van der Waals surface area (Å²) in [6, 6.07) is 4.38. The second-order valence-corrected chi connectivity index (χ2v) is 8.29. The molecule has 8 heteroatoms. The van der Waals surface area contributed by atoms with Crippen molar-refractivity contribution in [3.8, 4) is 0 Å². The van der Waals surface area contributed by atoms with Crippen molar-refractivity contribution >= 4 is 21.7 Å². The van der Waals surface area contributed by atoms with E-state index in [0.29, 0.717) is 19.4 Å². The number of likely N-dealkylation sites (tertiary alicyclic amines) is 1. The third-order valence-electron chi connectivity index (χ3n) is 4.31. The number of benzene rings is 1. The Balaban J connectivity index is 2.13. The van der Waals surface area contributed by atoms with E-state index >= 15 is 0 Å². The van der Waals surface area contributed by atoms with E-state index in [9.17, 15) is 22.4 Å². The molecule has 1 saturated heterocycles. The number of carbonyl (C=O) groups is 2. The first-order valence-electron chi connectivity index (χ1n) is 8.22. The van der Waals surface area contributed by atoms with Crippen molar-refractivity contribution < 1.29 is 27.1 Å². The third-order valence-corrected chi connectivity index (χ3v) is 6.37. The first-order valence-corrected chi connectivity index (χ1v) is 9.77. The number of piperidine rings is 1. The van der Waals surface area contributed by atoms with Crippen molar-refractivity contribution in [3.63, 3.8) is 0 Å². The Kier molecular flexibility index (Phi) is 6.16. The molecule has 1 aromatic rings. The highest BCUT2D eigenvalue weighted by Gasteiger charge is 2.36. The maximum Gasteiger partial charge on any atom is 0.310 e. The van der Waals surface area contributed by atoms with Gasteiger partial charge in [0, 0.05) is 13.1 Å². The topological polar surface area (TPSA) is 80.8 Å². The minimum absolute atomic E-state index is 0.103. The molecule has 6 nitrogen and oxygen atoms in total. The summed E-state index contributed by atoms with van der Waals surface area (Å²) in [6.07, 6.45) is 1.22. The first-order chi connectivity index (χ1) is 11.8. The quantitative estimate of drug-likeness (QED) is 0.582. The van der Waals surface area contributed by atoms with Gasteiger partial charge < -0.3 is 9.64 Å². The molecule has 2 atom stereocenters. The molecule has 1 aromatic carbocycles. The molecule has 0 saturated carbocycles. The minimum atomic E-state index is -3.93. The number of halogens is 1. The van der Waals surface area contributed by atoms with Crippen LogP contribution in [0, 0.1) is 11.7 Å². The SMILES string of the molecule is CCOC(=O)[C@H]1CCCN(C(=O)[C@H](C)S(=O)(=O)c2ccc(F)cc2)C1. The van der Waals surface area contributed by atoms with E-state index in [1.807, 2.05) is 0 Å². The summed E-state index contributed by atoms with van der Waals surface area (Å²) in [7, 11) is -3.93. The van der Waals surface area contributed by atoms with Crippen molar-refractivity contribution in [2.24, 2.45) is 5.92 Å². The van der Waals surface area contributed by atoms with Gasteiger partial charge in [-0.1, -0.05) is 0 Å². The number of carbonyl (C=O) groups excluding carboxylic acids is 2. The van der Waals surface area contributed by atoms with Crippen LogP contribution in [0.15, 0.2) is 29.2 Å². The molecule has 1 fully saturated rings. The van der Waals surface area contributed by atoms with Gasteiger partial charge in [0.2, 0.25) is 5.91 Å². The molecule has 138 valence electrons. The smallest absolute Gasteiger partial charge is 0.310 e. The van der Waals surface area contributed by atoms with Crippen molar-refractivity contribution in [2.45, 2.75) is 36.8 Å². The van der Waals surface area contributed by atoms with E-state index < -0.39 is 32.7 Å². The summed E-state index contributed by atoms with van der Waals surface area (Å²) >= 11 is 0. The van der Waals surface area contributed by atoms with Crippen LogP contribution in [0.2, 0.25) is 0 Å². The van der Waals surface area contributed by atoms with E-state index in [0.717, 1.165) is 24.3 Å². The lowest BCUT2D eigenvalue weighted by Gasteiger charge is -2.33. The number of hydrogen-bond donors (Lipinski definition) is 0. The van der Waals surface area contributed by atoms with Gasteiger partial charge in [-0.05, 0) is 51.0 Å². The van der Waals surface area contributed by atoms with Crippen LogP contribution >= 0.6 is 0 Å². The average molecular weight is 371 g/mol.